The maximum Gasteiger partial charge on any atom is 0.234 e. The number of alkyl halides is 3. The Hall–Kier alpha value is -0.100. The fraction of sp³-hybridized carbons (Fsp3) is 0.600. The van der Waals surface area contributed by atoms with Gasteiger partial charge in [-0.1, -0.05) is 47.0 Å². The summed E-state index contributed by atoms with van der Waals surface area (Å²) in [4.78, 5) is 23.1. The molecule has 1 rings (SSSR count). The van der Waals surface area contributed by atoms with Crippen molar-refractivity contribution in [3.8, 4) is 0 Å². The van der Waals surface area contributed by atoms with Crippen LogP contribution in [0.25, 0.3) is 0 Å². The molecule has 1 aliphatic rings. The molecule has 4 nitrogen and oxygen atoms in total. The standard InChI is InChI=1S/C10H13Cl3N2O2S/c11-10(12,13)5-18-15-9(17)7-4-2-1-3-6(7)8(14)16/h1-2,6-7H,3-5H2,(H2,14,16)(H,15,17). The third kappa shape index (κ3) is 5.26. The number of nitrogens with one attached hydrogen (secondary N) is 1. The van der Waals surface area contributed by atoms with E-state index in [9.17, 15) is 9.59 Å². The highest BCUT2D eigenvalue weighted by Gasteiger charge is 2.33. The number of primary amides is 1. The van der Waals surface area contributed by atoms with Crippen molar-refractivity contribution in [3.05, 3.63) is 12.2 Å². The zero-order valence-electron chi connectivity index (χ0n) is 9.37. The molecule has 0 heterocycles. The van der Waals surface area contributed by atoms with Crippen LogP contribution in [0.5, 0.6) is 0 Å². The van der Waals surface area contributed by atoms with Crippen LogP contribution in [0.2, 0.25) is 0 Å². The van der Waals surface area contributed by atoms with Crippen LogP contribution in [0.15, 0.2) is 12.2 Å². The van der Waals surface area contributed by atoms with Crippen LogP contribution in [0, 0.1) is 11.8 Å². The van der Waals surface area contributed by atoms with E-state index in [1.165, 1.54) is 0 Å². The Morgan fingerprint density at radius 1 is 1.28 bits per heavy atom. The first-order valence-electron chi connectivity index (χ1n) is 5.24. The Morgan fingerprint density at radius 3 is 2.33 bits per heavy atom. The van der Waals surface area contributed by atoms with Crippen molar-refractivity contribution in [1.29, 1.82) is 0 Å². The van der Waals surface area contributed by atoms with Gasteiger partial charge in [0, 0.05) is 0 Å². The fourth-order valence-corrected chi connectivity index (χ4v) is 2.70. The zero-order chi connectivity index (χ0) is 13.8. The summed E-state index contributed by atoms with van der Waals surface area (Å²) in [5.74, 6) is -1.51. The highest BCUT2D eigenvalue weighted by Crippen LogP contribution is 2.30. The van der Waals surface area contributed by atoms with E-state index in [4.69, 9.17) is 40.5 Å². The van der Waals surface area contributed by atoms with Crippen LogP contribution in [-0.4, -0.2) is 21.4 Å². The van der Waals surface area contributed by atoms with Gasteiger partial charge in [-0.2, -0.15) is 0 Å². The molecule has 0 aromatic rings. The summed E-state index contributed by atoms with van der Waals surface area (Å²) >= 11 is 17.7. The van der Waals surface area contributed by atoms with E-state index in [-0.39, 0.29) is 11.7 Å². The van der Waals surface area contributed by atoms with Crippen LogP contribution < -0.4 is 10.5 Å². The first-order valence-corrected chi connectivity index (χ1v) is 7.36. The molecule has 0 saturated heterocycles. The van der Waals surface area contributed by atoms with E-state index in [2.05, 4.69) is 4.72 Å². The molecule has 0 aromatic heterocycles. The quantitative estimate of drug-likeness (QED) is 0.471. The van der Waals surface area contributed by atoms with Crippen LogP contribution in [0.1, 0.15) is 12.8 Å². The summed E-state index contributed by atoms with van der Waals surface area (Å²) in [6, 6.07) is 0. The molecule has 18 heavy (non-hydrogen) atoms. The normalized spacial score (nSPS) is 23.7. The van der Waals surface area contributed by atoms with Gasteiger partial charge in [0.05, 0.1) is 17.6 Å². The average molecular weight is 332 g/mol. The van der Waals surface area contributed by atoms with Gasteiger partial charge in [0.25, 0.3) is 0 Å². The van der Waals surface area contributed by atoms with E-state index < -0.39 is 21.5 Å². The van der Waals surface area contributed by atoms with Crippen molar-refractivity contribution in [3.63, 3.8) is 0 Å². The second kappa shape index (κ2) is 6.89. The average Bonchev–Trinajstić information content (AvgIpc) is 2.27. The minimum Gasteiger partial charge on any atom is -0.369 e. The van der Waals surface area contributed by atoms with Crippen molar-refractivity contribution in [2.45, 2.75) is 16.6 Å². The predicted molar refractivity (Wildman–Crippen MR) is 75.4 cm³/mol. The molecule has 0 bridgehead atoms. The fourth-order valence-electron chi connectivity index (χ4n) is 1.68. The molecular formula is C10H13Cl3N2O2S. The maximum absolute atomic E-state index is 11.9. The van der Waals surface area contributed by atoms with Gasteiger partial charge in [0.15, 0.2) is 0 Å². The van der Waals surface area contributed by atoms with Crippen molar-refractivity contribution < 1.29 is 9.59 Å². The molecule has 2 atom stereocenters. The molecule has 0 aromatic carbocycles. The number of carbonyl (C=O) groups is 2. The minimum absolute atomic E-state index is 0.132. The van der Waals surface area contributed by atoms with E-state index >= 15 is 0 Å². The highest BCUT2D eigenvalue weighted by molar-refractivity contribution is 7.98. The van der Waals surface area contributed by atoms with Gasteiger partial charge in [-0.15, -0.1) is 0 Å². The molecule has 0 saturated carbocycles. The third-order valence-corrected chi connectivity index (χ3v) is 4.34. The topological polar surface area (TPSA) is 72.2 Å². The molecule has 0 fully saturated rings. The summed E-state index contributed by atoms with van der Waals surface area (Å²) in [6.45, 7) is 0. The summed E-state index contributed by atoms with van der Waals surface area (Å²) < 4.78 is 1.15. The third-order valence-electron chi connectivity index (χ3n) is 2.54. The number of halogens is 3. The molecule has 2 unspecified atom stereocenters. The first kappa shape index (κ1) is 16.0. The highest BCUT2D eigenvalue weighted by atomic mass is 35.6. The SMILES string of the molecule is NC(=O)C1CC=CCC1C(=O)NSCC(Cl)(Cl)Cl. The summed E-state index contributed by atoms with van der Waals surface area (Å²) in [6.07, 6.45) is 4.70. The molecule has 8 heteroatoms. The molecule has 3 N–H and O–H groups in total. The number of rotatable bonds is 4. The number of nitrogens with two attached hydrogens (primary N) is 1. The number of amides is 2. The minimum atomic E-state index is -1.42. The predicted octanol–water partition coefficient (Wildman–Crippen LogP) is 2.19. The Labute approximate surface area is 125 Å². The molecule has 0 aliphatic heterocycles. The van der Waals surface area contributed by atoms with E-state index in [0.29, 0.717) is 12.8 Å². The molecule has 102 valence electrons. The summed E-state index contributed by atoms with van der Waals surface area (Å²) in [7, 11) is 0. The van der Waals surface area contributed by atoms with Crippen LogP contribution >= 0.6 is 46.8 Å². The van der Waals surface area contributed by atoms with Crippen molar-refractivity contribution in [2.24, 2.45) is 17.6 Å². The van der Waals surface area contributed by atoms with Gasteiger partial charge in [0.2, 0.25) is 15.6 Å². The van der Waals surface area contributed by atoms with E-state index in [1.54, 1.807) is 0 Å². The lowest BCUT2D eigenvalue weighted by atomic mass is 9.82. The Morgan fingerprint density at radius 2 is 1.83 bits per heavy atom. The number of hydrogen-bond donors (Lipinski definition) is 2. The van der Waals surface area contributed by atoms with E-state index in [1.807, 2.05) is 12.2 Å². The smallest absolute Gasteiger partial charge is 0.234 e. The lowest BCUT2D eigenvalue weighted by molar-refractivity contribution is -0.132. The monoisotopic (exact) mass is 330 g/mol. The van der Waals surface area contributed by atoms with Crippen molar-refractivity contribution in [2.75, 3.05) is 5.75 Å². The van der Waals surface area contributed by atoms with Crippen LogP contribution in [0.4, 0.5) is 0 Å². The van der Waals surface area contributed by atoms with Crippen LogP contribution in [-0.2, 0) is 9.59 Å². The summed E-state index contributed by atoms with van der Waals surface area (Å²) in [5.41, 5.74) is 5.27. The maximum atomic E-state index is 11.9. The van der Waals surface area contributed by atoms with Gasteiger partial charge < -0.3 is 5.73 Å². The van der Waals surface area contributed by atoms with Crippen molar-refractivity contribution >= 4 is 58.6 Å². The second-order valence-electron chi connectivity index (χ2n) is 3.93. The summed E-state index contributed by atoms with van der Waals surface area (Å²) in [5, 5.41) is 0. The Bertz CT molecular complexity index is 358. The van der Waals surface area contributed by atoms with Crippen LogP contribution in [0.3, 0.4) is 0 Å². The lowest BCUT2D eigenvalue weighted by Crippen LogP contribution is -2.39. The van der Waals surface area contributed by atoms with Crippen molar-refractivity contribution in [1.82, 2.24) is 4.72 Å². The Balaban J connectivity index is 2.49. The van der Waals surface area contributed by atoms with Gasteiger partial charge >= 0.3 is 0 Å². The molecule has 0 spiro atoms. The second-order valence-corrected chi connectivity index (χ2v) is 7.23. The van der Waals surface area contributed by atoms with Gasteiger partial charge in [-0.05, 0) is 24.8 Å². The molecule has 1 aliphatic carbocycles. The largest absolute Gasteiger partial charge is 0.369 e. The van der Waals surface area contributed by atoms with Gasteiger partial charge in [-0.25, -0.2) is 0 Å². The molecule has 0 radical (unpaired) electrons. The molecular weight excluding hydrogens is 319 g/mol. The number of carbonyl (C=O) groups excluding carboxylic acids is 2. The lowest BCUT2D eigenvalue weighted by Gasteiger charge is -2.24. The number of allylic oxidation sites excluding steroid dienone is 2. The zero-order valence-corrected chi connectivity index (χ0v) is 12.5. The van der Waals surface area contributed by atoms with Gasteiger partial charge in [0.1, 0.15) is 0 Å². The van der Waals surface area contributed by atoms with E-state index in [0.717, 1.165) is 11.9 Å². The molecule has 2 amide bonds. The number of hydrogen-bond acceptors (Lipinski definition) is 3. The van der Waals surface area contributed by atoms with Gasteiger partial charge in [-0.3, -0.25) is 14.3 Å². The Kier molecular flexibility index (Phi) is 6.11. The first-order chi connectivity index (χ1) is 8.31.